The summed E-state index contributed by atoms with van der Waals surface area (Å²) in [5, 5.41) is 37.0. The van der Waals surface area contributed by atoms with Gasteiger partial charge in [-0.05, 0) is 20.8 Å². The third kappa shape index (κ3) is 4.58. The maximum atomic E-state index is 12.9. The average molecular weight is 504 g/mol. The number of hydrogen-bond acceptors (Lipinski definition) is 12. The van der Waals surface area contributed by atoms with Crippen LogP contribution in [0, 0.1) is 20.8 Å². The van der Waals surface area contributed by atoms with Crippen LogP contribution in [0.4, 0.5) is 0 Å². The lowest BCUT2D eigenvalue weighted by molar-refractivity contribution is 0.0894. The molecule has 0 radical (unpaired) electrons. The predicted octanol–water partition coefficient (Wildman–Crippen LogP) is -0.721. The van der Waals surface area contributed by atoms with E-state index in [9.17, 15) is 29.7 Å². The number of aryl methyl sites for hydroxylation is 3. The maximum absolute atomic E-state index is 12.9. The van der Waals surface area contributed by atoms with Crippen LogP contribution in [0.5, 0.6) is 0 Å². The molecule has 3 amide bonds. The smallest absolute Gasteiger partial charge is 0.274 e. The lowest BCUT2D eigenvalue weighted by Crippen LogP contribution is -2.34. The van der Waals surface area contributed by atoms with Crippen molar-refractivity contribution in [2.45, 2.75) is 38.9 Å². The summed E-state index contributed by atoms with van der Waals surface area (Å²) in [4.78, 5) is 50.9. The van der Waals surface area contributed by atoms with E-state index < -0.39 is 55.7 Å². The van der Waals surface area contributed by atoms with E-state index in [0.29, 0.717) is 0 Å². The van der Waals surface area contributed by atoms with Gasteiger partial charge in [-0.2, -0.15) is 0 Å². The highest BCUT2D eigenvalue weighted by Gasteiger charge is 2.31. The van der Waals surface area contributed by atoms with Gasteiger partial charge in [0.2, 0.25) is 17.7 Å². The SMILES string of the molecule is Cc1oc2nc1C(=O)N[C@@H](CO)c1nc(c(C)o1)C(=O)N[C@@H](CO)c1nc(c(C)o1)C(=O)N[C@H]2CO. The van der Waals surface area contributed by atoms with E-state index in [1.54, 1.807) is 0 Å². The molecule has 0 unspecified atom stereocenters. The van der Waals surface area contributed by atoms with Gasteiger partial charge >= 0.3 is 0 Å². The van der Waals surface area contributed by atoms with E-state index in [-0.39, 0.29) is 52.0 Å². The molecular weight excluding hydrogens is 480 g/mol. The van der Waals surface area contributed by atoms with Crippen molar-refractivity contribution in [1.29, 1.82) is 0 Å². The van der Waals surface area contributed by atoms with Crippen LogP contribution >= 0.6 is 0 Å². The molecule has 192 valence electrons. The number of fused-ring (bicyclic) bond motifs is 6. The normalized spacial score (nSPS) is 20.8. The zero-order chi connectivity index (χ0) is 26.1. The second-order valence-corrected chi connectivity index (χ2v) is 8.00. The van der Waals surface area contributed by atoms with Crippen molar-refractivity contribution in [2.75, 3.05) is 19.8 Å². The number of hydrogen-bond donors (Lipinski definition) is 6. The summed E-state index contributed by atoms with van der Waals surface area (Å²) in [5.74, 6) is -2.47. The van der Waals surface area contributed by atoms with Gasteiger partial charge in [-0.3, -0.25) is 14.4 Å². The van der Waals surface area contributed by atoms with Crippen molar-refractivity contribution in [3.8, 4) is 0 Å². The Bertz CT molecular complexity index is 1150. The molecular formula is C21H24N6O9. The van der Waals surface area contributed by atoms with Gasteiger partial charge in [-0.25, -0.2) is 15.0 Å². The van der Waals surface area contributed by atoms with Crippen molar-refractivity contribution in [3.63, 3.8) is 0 Å². The van der Waals surface area contributed by atoms with Crippen molar-refractivity contribution in [1.82, 2.24) is 30.9 Å². The number of oxazole rings is 3. The molecule has 1 aliphatic rings. The fraction of sp³-hybridized carbons (Fsp3) is 0.429. The number of rotatable bonds is 3. The number of carbonyl (C=O) groups is 3. The molecule has 15 nitrogen and oxygen atoms in total. The largest absolute Gasteiger partial charge is 0.443 e. The Morgan fingerprint density at radius 2 is 0.833 bits per heavy atom. The van der Waals surface area contributed by atoms with E-state index in [1.807, 2.05) is 0 Å². The first-order chi connectivity index (χ1) is 17.2. The van der Waals surface area contributed by atoms with Crippen LogP contribution in [-0.4, -0.2) is 67.8 Å². The van der Waals surface area contributed by atoms with Gasteiger partial charge in [0.1, 0.15) is 35.4 Å². The first-order valence-electron chi connectivity index (χ1n) is 10.8. The Balaban J connectivity index is 1.81. The topological polar surface area (TPSA) is 226 Å². The Hall–Kier alpha value is -4.08. The second-order valence-electron chi connectivity index (χ2n) is 8.00. The minimum atomic E-state index is -1.14. The van der Waals surface area contributed by atoms with Crippen LogP contribution < -0.4 is 16.0 Å². The van der Waals surface area contributed by atoms with E-state index in [0.717, 1.165) is 0 Å². The van der Waals surface area contributed by atoms with Crippen LogP contribution in [0.15, 0.2) is 13.3 Å². The molecule has 4 rings (SSSR count). The van der Waals surface area contributed by atoms with Gasteiger partial charge in [-0.15, -0.1) is 0 Å². The van der Waals surface area contributed by atoms with Gasteiger partial charge in [-0.1, -0.05) is 0 Å². The zero-order valence-corrected chi connectivity index (χ0v) is 19.5. The molecule has 3 atom stereocenters. The molecule has 36 heavy (non-hydrogen) atoms. The highest BCUT2D eigenvalue weighted by atomic mass is 16.4. The fourth-order valence-electron chi connectivity index (χ4n) is 3.57. The number of nitrogens with one attached hydrogen (secondary N) is 3. The molecule has 3 aromatic heterocycles. The number of amides is 3. The van der Waals surface area contributed by atoms with Gasteiger partial charge in [0, 0.05) is 0 Å². The van der Waals surface area contributed by atoms with Crippen LogP contribution in [0.3, 0.4) is 0 Å². The summed E-state index contributed by atoms with van der Waals surface area (Å²) in [6.07, 6.45) is 0. The van der Waals surface area contributed by atoms with Crippen LogP contribution in [0.2, 0.25) is 0 Å². The lowest BCUT2D eigenvalue weighted by Gasteiger charge is -2.13. The predicted molar refractivity (Wildman–Crippen MR) is 116 cm³/mol. The average Bonchev–Trinajstić information content (AvgIpc) is 3.54. The third-order valence-electron chi connectivity index (χ3n) is 5.44. The minimum Gasteiger partial charge on any atom is -0.443 e. The molecule has 6 N–H and O–H groups in total. The molecule has 0 spiro atoms. The number of aliphatic hydroxyl groups excluding tert-OH is 3. The second kappa shape index (κ2) is 9.88. The van der Waals surface area contributed by atoms with E-state index in [1.165, 1.54) is 20.8 Å². The Kier molecular flexibility index (Phi) is 6.87. The van der Waals surface area contributed by atoms with Crippen molar-refractivity contribution < 1.29 is 43.0 Å². The Morgan fingerprint density at radius 1 is 0.583 bits per heavy atom. The number of aromatic nitrogens is 3. The number of nitrogens with zero attached hydrogens (tertiary/aromatic N) is 3. The molecule has 0 fully saturated rings. The quantitative estimate of drug-likeness (QED) is 0.260. The van der Waals surface area contributed by atoms with Gasteiger partial charge < -0.3 is 44.5 Å². The summed E-state index contributed by atoms with van der Waals surface area (Å²) >= 11 is 0. The molecule has 0 aliphatic carbocycles. The van der Waals surface area contributed by atoms with E-state index in [2.05, 4.69) is 30.9 Å². The van der Waals surface area contributed by atoms with E-state index >= 15 is 0 Å². The Labute approximate surface area is 202 Å². The van der Waals surface area contributed by atoms with E-state index in [4.69, 9.17) is 13.3 Å². The molecule has 6 bridgehead atoms. The summed E-state index contributed by atoms with van der Waals surface area (Å²) in [7, 11) is 0. The first kappa shape index (κ1) is 25.0. The molecule has 15 heteroatoms. The molecule has 4 heterocycles. The van der Waals surface area contributed by atoms with Crippen molar-refractivity contribution >= 4 is 17.7 Å². The molecule has 1 aliphatic heterocycles. The molecule has 0 saturated heterocycles. The first-order valence-corrected chi connectivity index (χ1v) is 10.8. The molecule has 0 saturated carbocycles. The van der Waals surface area contributed by atoms with Gasteiger partial charge in [0.05, 0.1) is 19.8 Å². The summed E-state index contributed by atoms with van der Waals surface area (Å²) in [6, 6.07) is -3.43. The van der Waals surface area contributed by atoms with Gasteiger partial charge in [0.25, 0.3) is 17.7 Å². The number of carbonyl (C=O) groups excluding carboxylic acids is 3. The monoisotopic (exact) mass is 504 g/mol. The van der Waals surface area contributed by atoms with Crippen LogP contribution in [0.25, 0.3) is 0 Å². The van der Waals surface area contributed by atoms with Crippen molar-refractivity contribution in [3.05, 3.63) is 52.0 Å². The molecule has 0 aromatic carbocycles. The summed E-state index contributed by atoms with van der Waals surface area (Å²) in [6.45, 7) is 2.51. The van der Waals surface area contributed by atoms with Gasteiger partial charge in [0.15, 0.2) is 17.1 Å². The minimum absolute atomic E-state index is 0.0825. The fourth-order valence-corrected chi connectivity index (χ4v) is 3.57. The number of aliphatic hydroxyl groups is 3. The zero-order valence-electron chi connectivity index (χ0n) is 19.5. The standard InChI is InChI=1S/C21H24N6O9/c1-7-13-16(31)22-11(5-29)20-26-15(9(3)35-20)18(33)24-12(6-30)21-27-14(8(2)36-21)17(32)23-10(4-28)19(25-13)34-7/h10-12,28-30H,4-6H2,1-3H3,(H,22,31)(H,23,32)(H,24,33)/t10-,11-,12-/m0/s1. The third-order valence-corrected chi connectivity index (χ3v) is 5.44. The Morgan fingerprint density at radius 3 is 1.06 bits per heavy atom. The highest BCUT2D eigenvalue weighted by molar-refractivity contribution is 5.95. The summed E-state index contributed by atoms with van der Waals surface area (Å²) in [5.41, 5.74) is -0.488. The van der Waals surface area contributed by atoms with Crippen LogP contribution in [0.1, 0.15) is 84.5 Å². The molecule has 3 aromatic rings. The van der Waals surface area contributed by atoms with Crippen molar-refractivity contribution in [2.24, 2.45) is 0 Å². The lowest BCUT2D eigenvalue weighted by atomic mass is 10.2. The highest BCUT2D eigenvalue weighted by Crippen LogP contribution is 2.23. The maximum Gasteiger partial charge on any atom is 0.274 e. The summed E-state index contributed by atoms with van der Waals surface area (Å²) < 4.78 is 16.5. The van der Waals surface area contributed by atoms with Crippen LogP contribution in [-0.2, 0) is 0 Å².